The van der Waals surface area contributed by atoms with Gasteiger partial charge in [0.2, 0.25) is 0 Å². The summed E-state index contributed by atoms with van der Waals surface area (Å²) in [6.07, 6.45) is 3.25. The van der Waals surface area contributed by atoms with Gasteiger partial charge in [0.1, 0.15) is 11.6 Å². The smallest absolute Gasteiger partial charge is 0.144 e. The molecular formula is C14H15Cl2FN2O. The van der Waals surface area contributed by atoms with Crippen LogP contribution in [0.25, 0.3) is 11.0 Å². The fourth-order valence-corrected chi connectivity index (χ4v) is 3.43. The Bertz CT molecular complexity index is 644. The molecule has 0 saturated heterocycles. The van der Waals surface area contributed by atoms with Gasteiger partial charge >= 0.3 is 0 Å². The average molecular weight is 317 g/mol. The molecule has 0 radical (unpaired) electrons. The molecule has 0 amide bonds. The van der Waals surface area contributed by atoms with Crippen LogP contribution >= 0.6 is 23.2 Å². The lowest BCUT2D eigenvalue weighted by Gasteiger charge is -2.22. The van der Waals surface area contributed by atoms with Gasteiger partial charge in [-0.15, -0.1) is 11.6 Å². The molecule has 1 aliphatic carbocycles. The number of methoxy groups -OCH3 is 1. The molecule has 1 heterocycles. The van der Waals surface area contributed by atoms with Crippen LogP contribution in [0.2, 0.25) is 5.02 Å². The molecule has 2 unspecified atom stereocenters. The highest BCUT2D eigenvalue weighted by molar-refractivity contribution is 6.31. The molecule has 1 saturated carbocycles. The van der Waals surface area contributed by atoms with E-state index in [2.05, 4.69) is 9.55 Å². The lowest BCUT2D eigenvalue weighted by atomic mass is 10.2. The molecule has 0 spiro atoms. The minimum absolute atomic E-state index is 0.103. The van der Waals surface area contributed by atoms with Gasteiger partial charge in [0.15, 0.2) is 0 Å². The maximum atomic E-state index is 13.6. The van der Waals surface area contributed by atoms with Gasteiger partial charge in [-0.05, 0) is 25.3 Å². The van der Waals surface area contributed by atoms with E-state index in [-0.39, 0.29) is 23.0 Å². The summed E-state index contributed by atoms with van der Waals surface area (Å²) in [6, 6.07) is 3.17. The number of nitrogens with zero attached hydrogens (tertiary/aromatic N) is 2. The maximum absolute atomic E-state index is 13.6. The first-order valence-electron chi connectivity index (χ1n) is 6.60. The fraction of sp³-hybridized carbons (Fsp3) is 0.500. The molecular weight excluding hydrogens is 302 g/mol. The first kappa shape index (κ1) is 14.1. The number of hydrogen-bond donors (Lipinski definition) is 0. The van der Waals surface area contributed by atoms with Crippen molar-refractivity contribution in [3.05, 3.63) is 28.8 Å². The highest BCUT2D eigenvalue weighted by atomic mass is 35.5. The Kier molecular flexibility index (Phi) is 3.89. The number of imidazole rings is 1. The van der Waals surface area contributed by atoms with Gasteiger partial charge in [-0.3, -0.25) is 0 Å². The van der Waals surface area contributed by atoms with Crippen LogP contribution in [0.15, 0.2) is 12.1 Å². The third-order valence-electron chi connectivity index (χ3n) is 3.98. The first-order chi connectivity index (χ1) is 9.65. The molecule has 1 aromatic carbocycles. The van der Waals surface area contributed by atoms with E-state index in [1.54, 1.807) is 13.2 Å². The van der Waals surface area contributed by atoms with E-state index < -0.39 is 5.82 Å². The summed E-state index contributed by atoms with van der Waals surface area (Å²) in [5.74, 6) is 0.554. The van der Waals surface area contributed by atoms with Crippen LogP contribution in [0.1, 0.15) is 31.1 Å². The molecule has 6 heteroatoms. The number of benzene rings is 1. The Hall–Kier alpha value is -0.840. The van der Waals surface area contributed by atoms with Gasteiger partial charge < -0.3 is 9.30 Å². The van der Waals surface area contributed by atoms with Gasteiger partial charge in [0.25, 0.3) is 0 Å². The minimum Gasteiger partial charge on any atom is -0.379 e. The van der Waals surface area contributed by atoms with Gasteiger partial charge in [-0.25, -0.2) is 9.37 Å². The Morgan fingerprint density at radius 3 is 2.95 bits per heavy atom. The van der Waals surface area contributed by atoms with Crippen LogP contribution in [0.5, 0.6) is 0 Å². The normalized spacial score (nSPS) is 22.8. The number of fused-ring (bicyclic) bond motifs is 1. The second kappa shape index (κ2) is 5.51. The van der Waals surface area contributed by atoms with Crippen molar-refractivity contribution in [1.29, 1.82) is 0 Å². The summed E-state index contributed by atoms with van der Waals surface area (Å²) in [7, 11) is 1.72. The molecule has 1 fully saturated rings. The molecule has 108 valence electrons. The summed E-state index contributed by atoms with van der Waals surface area (Å²) in [4.78, 5) is 4.42. The number of hydrogen-bond acceptors (Lipinski definition) is 2. The third-order valence-corrected chi connectivity index (χ3v) is 4.50. The molecule has 0 aliphatic heterocycles. The van der Waals surface area contributed by atoms with Crippen LogP contribution in [-0.4, -0.2) is 22.8 Å². The van der Waals surface area contributed by atoms with Crippen molar-refractivity contribution in [3.8, 4) is 0 Å². The summed E-state index contributed by atoms with van der Waals surface area (Å²) < 4.78 is 21.2. The van der Waals surface area contributed by atoms with Crippen molar-refractivity contribution in [3.63, 3.8) is 0 Å². The predicted molar refractivity (Wildman–Crippen MR) is 77.9 cm³/mol. The molecule has 3 nitrogen and oxygen atoms in total. The standard InChI is InChI=1S/C14H15Cl2FN2O/c1-20-13-4-2-3-11(13)19-12-5-8(16)9(17)6-10(12)18-14(19)7-15/h5-6,11,13H,2-4,7H2,1H3. The lowest BCUT2D eigenvalue weighted by Crippen LogP contribution is -2.22. The van der Waals surface area contributed by atoms with E-state index in [0.29, 0.717) is 5.52 Å². The van der Waals surface area contributed by atoms with Gasteiger partial charge in [0, 0.05) is 13.2 Å². The maximum Gasteiger partial charge on any atom is 0.144 e. The molecule has 20 heavy (non-hydrogen) atoms. The Morgan fingerprint density at radius 2 is 2.25 bits per heavy atom. The summed E-state index contributed by atoms with van der Waals surface area (Å²) in [5, 5.41) is 0.103. The zero-order valence-corrected chi connectivity index (χ0v) is 12.6. The summed E-state index contributed by atoms with van der Waals surface area (Å²) in [5.41, 5.74) is 1.41. The molecule has 1 aromatic heterocycles. The molecule has 2 aromatic rings. The SMILES string of the molecule is COC1CCCC1n1c(CCl)nc2cc(F)c(Cl)cc21. The Labute approximate surface area is 126 Å². The highest BCUT2D eigenvalue weighted by Crippen LogP contribution is 2.37. The number of alkyl halides is 1. The van der Waals surface area contributed by atoms with Crippen LogP contribution in [0.3, 0.4) is 0 Å². The second-order valence-electron chi connectivity index (χ2n) is 5.06. The van der Waals surface area contributed by atoms with Crippen LogP contribution in [-0.2, 0) is 10.6 Å². The lowest BCUT2D eigenvalue weighted by molar-refractivity contribution is 0.0755. The molecule has 2 atom stereocenters. The monoisotopic (exact) mass is 316 g/mol. The quantitative estimate of drug-likeness (QED) is 0.789. The van der Waals surface area contributed by atoms with Gasteiger partial charge in [0.05, 0.1) is 34.1 Å². The number of ether oxygens (including phenoxy) is 1. The Balaban J connectivity index is 2.19. The van der Waals surface area contributed by atoms with Gasteiger partial charge in [-0.2, -0.15) is 0 Å². The number of halogens is 3. The van der Waals surface area contributed by atoms with E-state index in [0.717, 1.165) is 30.6 Å². The predicted octanol–water partition coefficient (Wildman–Crippen LogP) is 4.31. The minimum atomic E-state index is -0.459. The topological polar surface area (TPSA) is 27.1 Å². The molecule has 0 bridgehead atoms. The van der Waals surface area contributed by atoms with Crippen molar-refractivity contribution in [2.45, 2.75) is 37.3 Å². The van der Waals surface area contributed by atoms with E-state index in [1.807, 2.05) is 0 Å². The van der Waals surface area contributed by atoms with Crippen molar-refractivity contribution in [2.24, 2.45) is 0 Å². The molecule has 0 N–H and O–H groups in total. The molecule has 3 rings (SSSR count). The summed E-state index contributed by atoms with van der Waals surface area (Å²) in [6.45, 7) is 0. The van der Waals surface area contributed by atoms with E-state index in [1.165, 1.54) is 6.07 Å². The first-order valence-corrected chi connectivity index (χ1v) is 7.51. The third kappa shape index (κ3) is 2.20. The molecule has 1 aliphatic rings. The van der Waals surface area contributed by atoms with Gasteiger partial charge in [-0.1, -0.05) is 11.6 Å². The van der Waals surface area contributed by atoms with Crippen molar-refractivity contribution in [1.82, 2.24) is 9.55 Å². The van der Waals surface area contributed by atoms with E-state index >= 15 is 0 Å². The van der Waals surface area contributed by atoms with E-state index in [4.69, 9.17) is 27.9 Å². The highest BCUT2D eigenvalue weighted by Gasteiger charge is 2.31. The van der Waals surface area contributed by atoms with Crippen molar-refractivity contribution >= 4 is 34.2 Å². The fourth-order valence-electron chi connectivity index (χ4n) is 3.08. The average Bonchev–Trinajstić information content (AvgIpc) is 3.02. The number of rotatable bonds is 3. The van der Waals surface area contributed by atoms with Crippen molar-refractivity contribution in [2.75, 3.05) is 7.11 Å². The van der Waals surface area contributed by atoms with Crippen LogP contribution in [0.4, 0.5) is 4.39 Å². The zero-order chi connectivity index (χ0) is 14.3. The largest absolute Gasteiger partial charge is 0.379 e. The Morgan fingerprint density at radius 1 is 1.45 bits per heavy atom. The van der Waals surface area contributed by atoms with Crippen molar-refractivity contribution < 1.29 is 9.13 Å². The second-order valence-corrected chi connectivity index (χ2v) is 5.73. The summed E-state index contributed by atoms with van der Waals surface area (Å²) >= 11 is 11.9. The van der Waals surface area contributed by atoms with Crippen LogP contribution in [0, 0.1) is 5.82 Å². The number of aromatic nitrogens is 2. The van der Waals surface area contributed by atoms with Crippen LogP contribution < -0.4 is 0 Å². The zero-order valence-electron chi connectivity index (χ0n) is 11.1. The van der Waals surface area contributed by atoms with E-state index in [9.17, 15) is 4.39 Å².